The monoisotopic (exact) mass is 331 g/mol. The number of carbonyl (C=O) groups excluding carboxylic acids is 1. The minimum absolute atomic E-state index is 0.213. The molecule has 1 saturated heterocycles. The number of aromatic nitrogens is 4. The van der Waals surface area contributed by atoms with E-state index in [1.54, 1.807) is 10.9 Å². The zero-order valence-electron chi connectivity index (χ0n) is 14.6. The molecule has 0 spiro atoms. The molecule has 0 aliphatic carbocycles. The number of likely N-dealkylation sites (N-methyl/N-ethyl adjacent to an activating group) is 1. The van der Waals surface area contributed by atoms with Crippen molar-refractivity contribution in [2.45, 2.75) is 19.3 Å². The predicted molar refractivity (Wildman–Crippen MR) is 93.3 cm³/mol. The average Bonchev–Trinajstić information content (AvgIpc) is 2.96. The third-order valence-corrected chi connectivity index (χ3v) is 4.28. The van der Waals surface area contributed by atoms with E-state index in [1.807, 2.05) is 26.0 Å². The maximum absolute atomic E-state index is 12.4. The van der Waals surface area contributed by atoms with Crippen LogP contribution < -0.4 is 10.2 Å². The number of nitrogens with one attached hydrogen (secondary N) is 1. The lowest BCUT2D eigenvalue weighted by Crippen LogP contribution is -2.34. The highest BCUT2D eigenvalue weighted by molar-refractivity contribution is 5.95. The zero-order valence-corrected chi connectivity index (χ0v) is 14.6. The Morgan fingerprint density at radius 2 is 2.00 bits per heavy atom. The van der Waals surface area contributed by atoms with Crippen LogP contribution in [0.25, 0.3) is 11.0 Å². The minimum Gasteiger partial charge on any atom is -0.356 e. The number of rotatable bonds is 5. The molecular weight excluding hydrogens is 306 g/mol. The van der Waals surface area contributed by atoms with Crippen molar-refractivity contribution in [2.75, 3.05) is 45.2 Å². The minimum atomic E-state index is -0.238. The van der Waals surface area contributed by atoms with E-state index in [0.29, 0.717) is 12.2 Å². The molecule has 130 valence electrons. The van der Waals surface area contributed by atoms with E-state index >= 15 is 0 Å². The van der Waals surface area contributed by atoms with Crippen molar-refractivity contribution in [2.24, 2.45) is 7.05 Å². The van der Waals surface area contributed by atoms with E-state index < -0.39 is 0 Å². The Morgan fingerprint density at radius 1 is 1.25 bits per heavy atom. The first-order chi connectivity index (χ1) is 11.6. The Hall–Kier alpha value is -2.22. The first-order valence-electron chi connectivity index (χ1n) is 8.44. The third kappa shape index (κ3) is 3.48. The summed E-state index contributed by atoms with van der Waals surface area (Å²) in [6.07, 6.45) is 5.33. The van der Waals surface area contributed by atoms with Crippen LogP contribution in [0.3, 0.4) is 0 Å². The van der Waals surface area contributed by atoms with Gasteiger partial charge in [-0.1, -0.05) is 0 Å². The lowest BCUT2D eigenvalue weighted by atomic mass is 10.1. The van der Waals surface area contributed by atoms with Crippen LogP contribution in [0, 0.1) is 0 Å². The average molecular weight is 331 g/mol. The predicted octanol–water partition coefficient (Wildman–Crippen LogP) is 0.645. The van der Waals surface area contributed by atoms with Crippen molar-refractivity contribution < 1.29 is 4.79 Å². The molecular formula is C16H25N7O. The van der Waals surface area contributed by atoms with Gasteiger partial charge in [-0.3, -0.25) is 9.48 Å². The van der Waals surface area contributed by atoms with E-state index in [4.69, 9.17) is 0 Å². The molecule has 0 aromatic carbocycles. The highest BCUT2D eigenvalue weighted by atomic mass is 16.2. The number of nitrogens with zero attached hydrogens (tertiary/aromatic N) is 6. The van der Waals surface area contributed by atoms with E-state index in [1.165, 1.54) is 6.42 Å². The van der Waals surface area contributed by atoms with Crippen molar-refractivity contribution in [1.82, 2.24) is 30.0 Å². The number of hydrogen-bond donors (Lipinski definition) is 1. The largest absolute Gasteiger partial charge is 0.356 e. The van der Waals surface area contributed by atoms with Crippen LogP contribution in [0.1, 0.15) is 29.9 Å². The Bertz CT molecular complexity index is 719. The molecule has 8 heteroatoms. The van der Waals surface area contributed by atoms with Gasteiger partial charge in [0.1, 0.15) is 5.82 Å². The van der Waals surface area contributed by atoms with Gasteiger partial charge >= 0.3 is 0 Å². The summed E-state index contributed by atoms with van der Waals surface area (Å²) in [6.45, 7) is 3.27. The zero-order chi connectivity index (χ0) is 17.1. The van der Waals surface area contributed by atoms with Gasteiger partial charge in [0.15, 0.2) is 5.65 Å². The molecule has 3 heterocycles. The molecule has 2 aromatic heterocycles. The highest BCUT2D eigenvalue weighted by Gasteiger charge is 2.21. The second-order valence-corrected chi connectivity index (χ2v) is 6.48. The van der Waals surface area contributed by atoms with Gasteiger partial charge in [-0.15, -0.1) is 0 Å². The number of carbonyl (C=O) groups is 1. The van der Waals surface area contributed by atoms with Gasteiger partial charge < -0.3 is 15.1 Å². The number of aryl methyl sites for hydroxylation is 1. The standard InChI is InChI=1S/C16H25N7O/c1-21(2)10-7-17-16(24)13-19-14-12(11-18-22(14)3)15(20-13)23-8-5-4-6-9-23/h11H,4-10H2,1-3H3,(H,17,24). The SMILES string of the molecule is CN(C)CCNC(=O)c1nc(N2CCCCC2)c2cnn(C)c2n1. The smallest absolute Gasteiger partial charge is 0.289 e. The second-order valence-electron chi connectivity index (χ2n) is 6.48. The Kier molecular flexibility index (Phi) is 4.94. The van der Waals surface area contributed by atoms with Crippen molar-refractivity contribution >= 4 is 22.8 Å². The van der Waals surface area contributed by atoms with Gasteiger partial charge in [0.2, 0.25) is 5.82 Å². The number of fused-ring (bicyclic) bond motifs is 1. The molecule has 0 radical (unpaired) electrons. The van der Waals surface area contributed by atoms with Crippen LogP contribution in [0.15, 0.2) is 6.20 Å². The van der Waals surface area contributed by atoms with Gasteiger partial charge in [-0.05, 0) is 33.4 Å². The first kappa shape index (κ1) is 16.6. The van der Waals surface area contributed by atoms with Crippen LogP contribution in [-0.4, -0.2) is 70.8 Å². The van der Waals surface area contributed by atoms with E-state index in [0.717, 1.165) is 43.7 Å². The lowest BCUT2D eigenvalue weighted by molar-refractivity contribution is 0.0941. The number of anilines is 1. The molecule has 2 aromatic rings. The summed E-state index contributed by atoms with van der Waals surface area (Å²) in [5.41, 5.74) is 0.698. The van der Waals surface area contributed by atoms with Crippen LogP contribution in [0.4, 0.5) is 5.82 Å². The van der Waals surface area contributed by atoms with Crippen LogP contribution in [0.5, 0.6) is 0 Å². The summed E-state index contributed by atoms with van der Waals surface area (Å²) >= 11 is 0. The fourth-order valence-corrected chi connectivity index (χ4v) is 2.93. The Balaban J connectivity index is 1.90. The molecule has 24 heavy (non-hydrogen) atoms. The topological polar surface area (TPSA) is 79.2 Å². The maximum atomic E-state index is 12.4. The summed E-state index contributed by atoms with van der Waals surface area (Å²) in [6, 6.07) is 0. The van der Waals surface area contributed by atoms with Gasteiger partial charge in [0, 0.05) is 33.2 Å². The first-order valence-corrected chi connectivity index (χ1v) is 8.44. The highest BCUT2D eigenvalue weighted by Crippen LogP contribution is 2.26. The number of hydrogen-bond acceptors (Lipinski definition) is 6. The normalized spacial score (nSPS) is 15.2. The van der Waals surface area contributed by atoms with Crippen molar-refractivity contribution in [3.8, 4) is 0 Å². The molecule has 0 unspecified atom stereocenters. The molecule has 1 aliphatic rings. The maximum Gasteiger partial charge on any atom is 0.289 e. The molecule has 1 amide bonds. The number of amides is 1. The Morgan fingerprint density at radius 3 is 2.71 bits per heavy atom. The van der Waals surface area contributed by atoms with E-state index in [2.05, 4.69) is 25.3 Å². The number of piperidine rings is 1. The summed E-state index contributed by atoms with van der Waals surface area (Å²) in [4.78, 5) is 25.7. The fourth-order valence-electron chi connectivity index (χ4n) is 2.93. The van der Waals surface area contributed by atoms with Gasteiger partial charge in [0.05, 0.1) is 11.6 Å². The second kappa shape index (κ2) is 7.12. The molecule has 1 aliphatic heterocycles. The van der Waals surface area contributed by atoms with Gasteiger partial charge in [-0.2, -0.15) is 5.10 Å². The summed E-state index contributed by atoms with van der Waals surface area (Å²) in [5, 5.41) is 8.08. The van der Waals surface area contributed by atoms with Crippen molar-refractivity contribution in [3.63, 3.8) is 0 Å². The van der Waals surface area contributed by atoms with Crippen LogP contribution in [0.2, 0.25) is 0 Å². The van der Waals surface area contributed by atoms with E-state index in [-0.39, 0.29) is 11.7 Å². The quantitative estimate of drug-likeness (QED) is 0.866. The van der Waals surface area contributed by atoms with Gasteiger partial charge in [-0.25, -0.2) is 9.97 Å². The van der Waals surface area contributed by atoms with Crippen LogP contribution in [-0.2, 0) is 7.05 Å². The van der Waals surface area contributed by atoms with Crippen LogP contribution >= 0.6 is 0 Å². The molecule has 1 N–H and O–H groups in total. The molecule has 3 rings (SSSR count). The summed E-state index contributed by atoms with van der Waals surface area (Å²) in [5.74, 6) is 0.800. The Labute approximate surface area is 141 Å². The van der Waals surface area contributed by atoms with E-state index in [9.17, 15) is 4.79 Å². The van der Waals surface area contributed by atoms with Crippen molar-refractivity contribution in [1.29, 1.82) is 0 Å². The third-order valence-electron chi connectivity index (χ3n) is 4.28. The lowest BCUT2D eigenvalue weighted by Gasteiger charge is -2.28. The van der Waals surface area contributed by atoms with Crippen molar-refractivity contribution in [3.05, 3.63) is 12.0 Å². The molecule has 0 saturated carbocycles. The van der Waals surface area contributed by atoms with Gasteiger partial charge in [0.25, 0.3) is 5.91 Å². The fraction of sp³-hybridized carbons (Fsp3) is 0.625. The molecule has 0 bridgehead atoms. The molecule has 1 fully saturated rings. The summed E-state index contributed by atoms with van der Waals surface area (Å²) < 4.78 is 1.70. The molecule has 0 atom stereocenters. The summed E-state index contributed by atoms with van der Waals surface area (Å²) in [7, 11) is 5.78. The molecule has 8 nitrogen and oxygen atoms in total.